The molecule has 1 aliphatic heterocycles. The summed E-state index contributed by atoms with van der Waals surface area (Å²) in [7, 11) is -3.26. The summed E-state index contributed by atoms with van der Waals surface area (Å²) in [5, 5.41) is 13.6. The number of hydrogen-bond donors (Lipinski definition) is 1. The molecule has 1 aromatic carbocycles. The average molecular weight is 364 g/mol. The van der Waals surface area contributed by atoms with Gasteiger partial charge in [-0.2, -0.15) is 0 Å². The largest absolute Gasteiger partial charge is 0.326 e. The van der Waals surface area contributed by atoms with Crippen molar-refractivity contribution < 1.29 is 13.2 Å². The zero-order chi connectivity index (χ0) is 17.7. The van der Waals surface area contributed by atoms with Crippen LogP contribution in [-0.2, 0) is 21.4 Å². The van der Waals surface area contributed by atoms with Crippen molar-refractivity contribution in [3.05, 3.63) is 30.6 Å². The molecule has 0 unspecified atom stereocenters. The number of nitrogens with one attached hydrogen (secondary N) is 1. The molecule has 0 radical (unpaired) electrons. The van der Waals surface area contributed by atoms with Crippen molar-refractivity contribution in [2.75, 3.05) is 21.9 Å². The summed E-state index contributed by atoms with van der Waals surface area (Å²) >= 11 is 0. The second-order valence-corrected chi connectivity index (χ2v) is 7.88. The van der Waals surface area contributed by atoms with Crippen LogP contribution in [0.25, 0.3) is 0 Å². The van der Waals surface area contributed by atoms with E-state index in [0.29, 0.717) is 43.7 Å². The summed E-state index contributed by atoms with van der Waals surface area (Å²) in [6, 6.07) is 6.94. The van der Waals surface area contributed by atoms with Gasteiger partial charge in [-0.3, -0.25) is 9.10 Å². The molecule has 25 heavy (non-hydrogen) atoms. The number of nitrogens with zero attached hydrogens (tertiary/aromatic N) is 5. The number of aryl methyl sites for hydroxylation is 1. The van der Waals surface area contributed by atoms with E-state index < -0.39 is 10.0 Å². The Kier molecular flexibility index (Phi) is 5.27. The van der Waals surface area contributed by atoms with Gasteiger partial charge in [-0.25, -0.2) is 13.1 Å². The second kappa shape index (κ2) is 7.60. The number of tetrazole rings is 1. The minimum Gasteiger partial charge on any atom is -0.326 e. The molecule has 9 nitrogen and oxygen atoms in total. The number of rotatable bonds is 6. The van der Waals surface area contributed by atoms with Gasteiger partial charge >= 0.3 is 0 Å². The van der Waals surface area contributed by atoms with Gasteiger partial charge in [-0.15, -0.1) is 5.10 Å². The van der Waals surface area contributed by atoms with Gasteiger partial charge < -0.3 is 5.32 Å². The molecule has 1 aromatic heterocycles. The molecule has 0 spiro atoms. The molecular weight excluding hydrogens is 344 g/mol. The Bertz CT molecular complexity index is 822. The first-order valence-corrected chi connectivity index (χ1v) is 9.77. The lowest BCUT2D eigenvalue weighted by Gasteiger charge is -2.28. The first kappa shape index (κ1) is 17.3. The zero-order valence-corrected chi connectivity index (χ0v) is 14.5. The number of aromatic nitrogens is 4. The van der Waals surface area contributed by atoms with Gasteiger partial charge in [0.1, 0.15) is 6.33 Å². The summed E-state index contributed by atoms with van der Waals surface area (Å²) in [5.41, 5.74) is 1.18. The Balaban J connectivity index is 1.58. The molecule has 1 saturated heterocycles. The van der Waals surface area contributed by atoms with Gasteiger partial charge in [-0.1, -0.05) is 6.07 Å². The zero-order valence-electron chi connectivity index (χ0n) is 13.7. The molecular formula is C15H20N6O3S. The van der Waals surface area contributed by atoms with Gasteiger partial charge in [0.15, 0.2) is 0 Å². The summed E-state index contributed by atoms with van der Waals surface area (Å²) in [5.74, 6) is 0.0347. The van der Waals surface area contributed by atoms with Gasteiger partial charge in [0, 0.05) is 25.2 Å². The maximum absolute atomic E-state index is 12.2. The molecule has 134 valence electrons. The molecule has 1 N–H and O–H groups in total. The second-order valence-electron chi connectivity index (χ2n) is 5.87. The van der Waals surface area contributed by atoms with Crippen LogP contribution in [0.5, 0.6) is 0 Å². The van der Waals surface area contributed by atoms with E-state index in [-0.39, 0.29) is 11.7 Å². The average Bonchev–Trinajstić information content (AvgIpc) is 3.08. The van der Waals surface area contributed by atoms with E-state index >= 15 is 0 Å². The fourth-order valence-corrected chi connectivity index (χ4v) is 4.36. The fraction of sp³-hybridized carbons (Fsp3) is 0.467. The monoisotopic (exact) mass is 364 g/mol. The number of amides is 1. The van der Waals surface area contributed by atoms with Crippen molar-refractivity contribution in [1.29, 1.82) is 0 Å². The lowest BCUT2D eigenvalue weighted by molar-refractivity contribution is -0.116. The van der Waals surface area contributed by atoms with E-state index in [9.17, 15) is 13.2 Å². The van der Waals surface area contributed by atoms with Crippen molar-refractivity contribution in [2.45, 2.75) is 32.2 Å². The van der Waals surface area contributed by atoms with Crippen molar-refractivity contribution >= 4 is 27.3 Å². The molecule has 1 aliphatic rings. The number of hydrogen-bond acceptors (Lipinski definition) is 6. The summed E-state index contributed by atoms with van der Waals surface area (Å²) < 4.78 is 27.4. The third kappa shape index (κ3) is 4.53. The topological polar surface area (TPSA) is 110 Å². The molecule has 0 atom stereocenters. The Morgan fingerprint density at radius 2 is 2.16 bits per heavy atom. The first-order valence-electron chi connectivity index (χ1n) is 8.16. The smallest absolute Gasteiger partial charge is 0.235 e. The highest BCUT2D eigenvalue weighted by atomic mass is 32.2. The molecule has 3 rings (SSSR count). The third-order valence-corrected chi connectivity index (χ3v) is 5.82. The van der Waals surface area contributed by atoms with E-state index in [2.05, 4.69) is 20.8 Å². The normalized spacial score (nSPS) is 16.6. The Morgan fingerprint density at radius 1 is 1.28 bits per heavy atom. The van der Waals surface area contributed by atoms with Crippen LogP contribution < -0.4 is 9.62 Å². The fourth-order valence-electron chi connectivity index (χ4n) is 2.73. The number of sulfonamides is 1. The van der Waals surface area contributed by atoms with Crippen LogP contribution in [0.2, 0.25) is 0 Å². The first-order chi connectivity index (χ1) is 12.0. The van der Waals surface area contributed by atoms with Crippen LogP contribution in [0.1, 0.15) is 25.7 Å². The van der Waals surface area contributed by atoms with Crippen LogP contribution in [0, 0.1) is 0 Å². The molecule has 0 bridgehead atoms. The van der Waals surface area contributed by atoms with Crippen LogP contribution >= 0.6 is 0 Å². The number of benzene rings is 1. The number of carbonyl (C=O) groups excluding carboxylic acids is 1. The van der Waals surface area contributed by atoms with E-state index in [0.717, 1.165) is 6.42 Å². The van der Waals surface area contributed by atoms with Crippen LogP contribution in [-0.4, -0.2) is 46.8 Å². The standard InChI is InChI=1S/C15H20N6O3S/c22-15(7-4-8-20-12-16-18-19-20)17-13-5-3-6-14(11-13)21-9-1-2-10-25(21,23)24/h3,5-6,11-12H,1-2,4,7-10H2,(H,17,22). The van der Waals surface area contributed by atoms with Crippen molar-refractivity contribution in [3.63, 3.8) is 0 Å². The van der Waals surface area contributed by atoms with E-state index in [1.807, 2.05) is 0 Å². The highest BCUT2D eigenvalue weighted by molar-refractivity contribution is 7.92. The summed E-state index contributed by atoms with van der Waals surface area (Å²) in [6.45, 7) is 1.04. The van der Waals surface area contributed by atoms with Gasteiger partial charge in [-0.05, 0) is 47.9 Å². The SMILES string of the molecule is O=C(CCCn1cnnn1)Nc1cccc(N2CCCCS2(=O)=O)c1. The van der Waals surface area contributed by atoms with Crippen molar-refractivity contribution in [2.24, 2.45) is 0 Å². The lowest BCUT2D eigenvalue weighted by atomic mass is 10.2. The highest BCUT2D eigenvalue weighted by Crippen LogP contribution is 2.26. The minimum atomic E-state index is -3.26. The Morgan fingerprint density at radius 3 is 2.92 bits per heavy atom. The highest BCUT2D eigenvalue weighted by Gasteiger charge is 2.26. The third-order valence-electron chi connectivity index (χ3n) is 3.95. The van der Waals surface area contributed by atoms with Crippen molar-refractivity contribution in [3.8, 4) is 0 Å². The van der Waals surface area contributed by atoms with Gasteiger partial charge in [0.2, 0.25) is 15.9 Å². The maximum Gasteiger partial charge on any atom is 0.235 e. The number of carbonyl (C=O) groups is 1. The lowest BCUT2D eigenvalue weighted by Crippen LogP contribution is -2.37. The molecule has 0 aliphatic carbocycles. The molecule has 0 saturated carbocycles. The molecule has 2 aromatic rings. The van der Waals surface area contributed by atoms with Crippen LogP contribution in [0.3, 0.4) is 0 Å². The van der Waals surface area contributed by atoms with Gasteiger partial charge in [0.25, 0.3) is 0 Å². The summed E-state index contributed by atoms with van der Waals surface area (Å²) in [4.78, 5) is 12.1. The predicted octanol–water partition coefficient (Wildman–Crippen LogP) is 1.02. The molecule has 10 heteroatoms. The minimum absolute atomic E-state index is 0.133. The molecule has 1 amide bonds. The van der Waals surface area contributed by atoms with Crippen molar-refractivity contribution in [1.82, 2.24) is 20.2 Å². The number of anilines is 2. The van der Waals surface area contributed by atoms with E-state index in [1.54, 1.807) is 28.9 Å². The van der Waals surface area contributed by atoms with E-state index in [4.69, 9.17) is 0 Å². The summed E-state index contributed by atoms with van der Waals surface area (Å²) in [6.07, 6.45) is 3.97. The van der Waals surface area contributed by atoms with Crippen LogP contribution in [0.15, 0.2) is 30.6 Å². The quantitative estimate of drug-likeness (QED) is 0.819. The maximum atomic E-state index is 12.2. The predicted molar refractivity (Wildman–Crippen MR) is 92.5 cm³/mol. The Hall–Kier alpha value is -2.49. The van der Waals surface area contributed by atoms with Gasteiger partial charge in [0.05, 0.1) is 11.4 Å². The Labute approximate surface area is 146 Å². The van der Waals surface area contributed by atoms with E-state index in [1.165, 1.54) is 10.6 Å². The van der Waals surface area contributed by atoms with Crippen LogP contribution in [0.4, 0.5) is 11.4 Å². The molecule has 1 fully saturated rings. The molecule has 2 heterocycles.